The Bertz CT molecular complexity index is 1590. The van der Waals surface area contributed by atoms with E-state index < -0.39 is 21.8 Å². The lowest BCUT2D eigenvalue weighted by atomic mass is 10.1. The van der Waals surface area contributed by atoms with Crippen LogP contribution in [0.25, 0.3) is 22.3 Å². The minimum atomic E-state index is -4.68. The van der Waals surface area contributed by atoms with E-state index in [1.807, 2.05) is 12.1 Å². The molecular formula is C25H26F3N7O3S. The van der Waals surface area contributed by atoms with Gasteiger partial charge in [-0.25, -0.2) is 23.4 Å². The predicted molar refractivity (Wildman–Crippen MR) is 142 cm³/mol. The third-order valence-electron chi connectivity index (χ3n) is 6.48. The van der Waals surface area contributed by atoms with Crippen LogP contribution in [0.2, 0.25) is 0 Å². The van der Waals surface area contributed by atoms with Crippen molar-refractivity contribution in [2.24, 2.45) is 0 Å². The maximum atomic E-state index is 14.0. The molecule has 1 fully saturated rings. The molecule has 0 saturated carbocycles. The molecule has 2 N–H and O–H groups in total. The fraction of sp³-hybridized carbons (Fsp3) is 0.320. The molecule has 0 spiro atoms. The maximum absolute atomic E-state index is 14.0. The Morgan fingerprint density at radius 2 is 1.90 bits per heavy atom. The van der Waals surface area contributed by atoms with Gasteiger partial charge in [0, 0.05) is 67.5 Å². The molecule has 1 aliphatic heterocycles. The van der Waals surface area contributed by atoms with Crippen LogP contribution in [-0.2, 0) is 27.5 Å². The highest BCUT2D eigenvalue weighted by atomic mass is 32.2. The lowest BCUT2D eigenvalue weighted by molar-refractivity contribution is -0.137. The van der Waals surface area contributed by atoms with Crippen LogP contribution in [0.3, 0.4) is 0 Å². The van der Waals surface area contributed by atoms with Crippen molar-refractivity contribution in [3.8, 4) is 11.3 Å². The molecule has 206 valence electrons. The topological polar surface area (TPSA) is 116 Å². The van der Waals surface area contributed by atoms with Crippen molar-refractivity contribution in [3.63, 3.8) is 0 Å². The molecule has 4 aromatic rings. The van der Waals surface area contributed by atoms with Crippen LogP contribution in [0.4, 0.5) is 30.5 Å². The highest BCUT2D eigenvalue weighted by Gasteiger charge is 2.35. The monoisotopic (exact) mass is 561 g/mol. The number of anilines is 3. The van der Waals surface area contributed by atoms with Gasteiger partial charge in [0.1, 0.15) is 17.3 Å². The number of hydrogen-bond acceptors (Lipinski definition) is 8. The van der Waals surface area contributed by atoms with Crippen molar-refractivity contribution < 1.29 is 26.3 Å². The third kappa shape index (κ3) is 5.61. The van der Waals surface area contributed by atoms with E-state index in [2.05, 4.69) is 30.2 Å². The van der Waals surface area contributed by atoms with Gasteiger partial charge in [0.05, 0.1) is 30.7 Å². The van der Waals surface area contributed by atoms with Gasteiger partial charge in [-0.15, -0.1) is 0 Å². The Balaban J connectivity index is 1.49. The van der Waals surface area contributed by atoms with E-state index in [-0.39, 0.29) is 29.1 Å². The summed E-state index contributed by atoms with van der Waals surface area (Å²) in [6, 6.07) is 8.50. The number of morpholine rings is 1. The lowest BCUT2D eigenvalue weighted by Crippen LogP contribution is -2.36. The zero-order chi connectivity index (χ0) is 27.8. The van der Waals surface area contributed by atoms with Crippen LogP contribution in [-0.4, -0.2) is 68.0 Å². The molecule has 0 aromatic carbocycles. The van der Waals surface area contributed by atoms with Gasteiger partial charge in [0.25, 0.3) is 0 Å². The molecule has 5 heterocycles. The highest BCUT2D eigenvalue weighted by Crippen LogP contribution is 2.40. The van der Waals surface area contributed by atoms with Crippen LogP contribution in [0.15, 0.2) is 48.9 Å². The average Bonchev–Trinajstić information content (AvgIpc) is 3.36. The second-order valence-electron chi connectivity index (χ2n) is 9.06. The average molecular weight is 562 g/mol. The van der Waals surface area contributed by atoms with E-state index in [1.165, 1.54) is 13.2 Å². The molecule has 0 bridgehead atoms. The first-order valence-electron chi connectivity index (χ1n) is 12.0. The molecule has 0 amide bonds. The zero-order valence-corrected chi connectivity index (χ0v) is 22.0. The number of aromatic amines is 1. The van der Waals surface area contributed by atoms with Crippen molar-refractivity contribution in [1.29, 1.82) is 0 Å². The molecule has 10 nitrogen and oxygen atoms in total. The second-order valence-corrected chi connectivity index (χ2v) is 11.1. The van der Waals surface area contributed by atoms with Crippen molar-refractivity contribution in [2.75, 3.05) is 54.1 Å². The predicted octanol–water partition coefficient (Wildman–Crippen LogP) is 3.88. The molecule has 0 aliphatic carbocycles. The minimum absolute atomic E-state index is 0.110. The summed E-state index contributed by atoms with van der Waals surface area (Å²) < 4.78 is 72.5. The van der Waals surface area contributed by atoms with Crippen LogP contribution in [0, 0.1) is 0 Å². The normalized spacial score (nSPS) is 14.5. The first kappa shape index (κ1) is 26.7. The van der Waals surface area contributed by atoms with Crippen molar-refractivity contribution >= 4 is 38.4 Å². The first-order chi connectivity index (χ1) is 18.5. The van der Waals surface area contributed by atoms with Gasteiger partial charge in [-0.3, -0.25) is 4.31 Å². The summed E-state index contributed by atoms with van der Waals surface area (Å²) in [7, 11) is -2.30. The Hall–Kier alpha value is -3.91. The van der Waals surface area contributed by atoms with E-state index in [9.17, 15) is 21.6 Å². The number of nitrogens with zero attached hydrogens (tertiary/aromatic N) is 5. The van der Waals surface area contributed by atoms with Crippen LogP contribution in [0.1, 0.15) is 11.1 Å². The van der Waals surface area contributed by atoms with Gasteiger partial charge in [-0.2, -0.15) is 13.2 Å². The largest absolute Gasteiger partial charge is 0.419 e. The quantitative estimate of drug-likeness (QED) is 0.349. The summed E-state index contributed by atoms with van der Waals surface area (Å²) in [4.78, 5) is 17.9. The number of H-pyrrole nitrogens is 1. The van der Waals surface area contributed by atoms with Crippen LogP contribution >= 0.6 is 0 Å². The summed E-state index contributed by atoms with van der Waals surface area (Å²) in [6.45, 7) is 2.60. The maximum Gasteiger partial charge on any atom is 0.419 e. The summed E-state index contributed by atoms with van der Waals surface area (Å²) in [5, 5.41) is 3.10. The zero-order valence-electron chi connectivity index (χ0n) is 21.2. The second kappa shape index (κ2) is 10.3. The Morgan fingerprint density at radius 3 is 2.56 bits per heavy atom. The summed E-state index contributed by atoms with van der Waals surface area (Å²) in [5.41, 5.74) is 0.793. The molecule has 5 rings (SSSR count). The smallest absolute Gasteiger partial charge is 0.380 e. The number of halogens is 3. The molecule has 14 heteroatoms. The van der Waals surface area contributed by atoms with Gasteiger partial charge in [-0.1, -0.05) is 6.07 Å². The number of pyridine rings is 3. The first-order valence-corrected chi connectivity index (χ1v) is 13.9. The van der Waals surface area contributed by atoms with Gasteiger partial charge in [-0.05, 0) is 24.3 Å². The molecule has 1 aliphatic rings. The SMILES string of the molecule is CN(c1ncccc1CNc1c(C(F)(F)F)cnc2[nH]c(-c3ccc(N4CCOCC4)nc3)cc12)S(C)(=O)=O. The van der Waals surface area contributed by atoms with E-state index in [1.54, 1.807) is 24.4 Å². The van der Waals surface area contributed by atoms with Crippen molar-refractivity contribution in [1.82, 2.24) is 19.9 Å². The molecule has 1 saturated heterocycles. The number of sulfonamides is 1. The van der Waals surface area contributed by atoms with E-state index >= 15 is 0 Å². The minimum Gasteiger partial charge on any atom is -0.380 e. The Morgan fingerprint density at radius 1 is 1.13 bits per heavy atom. The number of alkyl halides is 3. The van der Waals surface area contributed by atoms with Gasteiger partial charge >= 0.3 is 6.18 Å². The van der Waals surface area contributed by atoms with Gasteiger partial charge in [0.2, 0.25) is 10.0 Å². The lowest BCUT2D eigenvalue weighted by Gasteiger charge is -2.27. The summed E-state index contributed by atoms with van der Waals surface area (Å²) in [6.07, 6.45) is 0.206. The third-order valence-corrected chi connectivity index (χ3v) is 7.64. The molecule has 4 aromatic heterocycles. The number of aromatic nitrogens is 4. The number of fused-ring (bicyclic) bond motifs is 1. The van der Waals surface area contributed by atoms with E-state index in [0.717, 1.165) is 35.7 Å². The number of ether oxygens (including phenoxy) is 1. The fourth-order valence-corrected chi connectivity index (χ4v) is 4.83. The molecule has 0 atom stereocenters. The standard InChI is InChI=1S/C25H26F3N7O3S/c1-34(39(2,36)37)24-17(4-3-7-29-24)14-31-22-18-12-20(33-23(18)32-15-19(22)25(26,27)28)16-5-6-21(30-13-16)35-8-10-38-11-9-35/h3-7,12-13,15H,8-11,14H2,1-2H3,(H2,31,32,33). The Kier molecular flexibility index (Phi) is 7.07. The molecule has 39 heavy (non-hydrogen) atoms. The summed E-state index contributed by atoms with van der Waals surface area (Å²) >= 11 is 0. The molecule has 0 radical (unpaired) electrons. The number of hydrogen-bond donors (Lipinski definition) is 2. The molecule has 0 unspecified atom stereocenters. The van der Waals surface area contributed by atoms with Crippen molar-refractivity contribution in [3.05, 3.63) is 60.0 Å². The fourth-order valence-electron chi connectivity index (χ4n) is 4.35. The van der Waals surface area contributed by atoms with Gasteiger partial charge in [0.15, 0.2) is 0 Å². The van der Waals surface area contributed by atoms with Crippen LogP contribution in [0.5, 0.6) is 0 Å². The van der Waals surface area contributed by atoms with Gasteiger partial charge < -0.3 is 19.9 Å². The highest BCUT2D eigenvalue weighted by molar-refractivity contribution is 7.92. The molecular weight excluding hydrogens is 535 g/mol. The van der Waals surface area contributed by atoms with E-state index in [4.69, 9.17) is 4.74 Å². The number of rotatable bonds is 7. The summed E-state index contributed by atoms with van der Waals surface area (Å²) in [5.74, 6) is 0.914. The van der Waals surface area contributed by atoms with Crippen LogP contribution < -0.4 is 14.5 Å². The van der Waals surface area contributed by atoms with E-state index in [0.29, 0.717) is 30.0 Å². The number of nitrogens with one attached hydrogen (secondary N) is 2. The Labute approximate surface area is 222 Å². The van der Waals surface area contributed by atoms with Crippen molar-refractivity contribution in [2.45, 2.75) is 12.7 Å².